The van der Waals surface area contributed by atoms with E-state index in [9.17, 15) is 13.6 Å². The molecule has 1 fully saturated rings. The number of tetrazole rings is 1. The first-order chi connectivity index (χ1) is 16.4. The Morgan fingerprint density at radius 1 is 1.21 bits per heavy atom. The van der Waals surface area contributed by atoms with Gasteiger partial charge in [0, 0.05) is 18.3 Å². The predicted molar refractivity (Wildman–Crippen MR) is 118 cm³/mol. The first-order valence-corrected chi connectivity index (χ1v) is 10.8. The maximum atomic E-state index is 13.6. The Bertz CT molecular complexity index is 1340. The van der Waals surface area contributed by atoms with Gasteiger partial charge in [-0.1, -0.05) is 6.07 Å². The molecule has 0 unspecified atom stereocenters. The fourth-order valence-electron chi connectivity index (χ4n) is 3.55. The second kappa shape index (κ2) is 8.69. The highest BCUT2D eigenvalue weighted by atomic mass is 19.3. The van der Waals surface area contributed by atoms with Gasteiger partial charge in [-0.15, -0.1) is 5.10 Å². The molecule has 12 heteroatoms. The number of halogens is 2. The SMILES string of the molecule is CC(C)n1nnnc1-c1cccc(NC(=O)c2cc(-n3cnc(C4CC4)c3)c(C(F)F)cn2)n1. The molecule has 10 nitrogen and oxygen atoms in total. The molecule has 4 aromatic heterocycles. The summed E-state index contributed by atoms with van der Waals surface area (Å²) in [5.74, 6) is 0.494. The number of nitrogens with one attached hydrogen (secondary N) is 1. The summed E-state index contributed by atoms with van der Waals surface area (Å²) in [7, 11) is 0. The molecule has 1 N–H and O–H groups in total. The van der Waals surface area contributed by atoms with E-state index >= 15 is 0 Å². The number of alkyl halides is 2. The molecular formula is C22H21F2N9O. The highest BCUT2D eigenvalue weighted by Gasteiger charge is 2.27. The zero-order valence-corrected chi connectivity index (χ0v) is 18.4. The second-order valence-corrected chi connectivity index (χ2v) is 8.31. The Balaban J connectivity index is 1.42. The third-order valence-corrected chi connectivity index (χ3v) is 5.46. The van der Waals surface area contributed by atoms with Crippen molar-refractivity contribution in [3.63, 3.8) is 0 Å². The van der Waals surface area contributed by atoms with Crippen LogP contribution in [0.1, 0.15) is 66.8 Å². The van der Waals surface area contributed by atoms with Gasteiger partial charge in [0.25, 0.3) is 12.3 Å². The number of carbonyl (C=O) groups excluding carboxylic acids is 1. The number of hydrogen-bond acceptors (Lipinski definition) is 7. The maximum absolute atomic E-state index is 13.6. The van der Waals surface area contributed by atoms with Crippen molar-refractivity contribution < 1.29 is 13.6 Å². The molecule has 34 heavy (non-hydrogen) atoms. The second-order valence-electron chi connectivity index (χ2n) is 8.31. The molecule has 5 rings (SSSR count). The van der Waals surface area contributed by atoms with Crippen LogP contribution in [-0.2, 0) is 0 Å². The molecule has 0 radical (unpaired) electrons. The van der Waals surface area contributed by atoms with Gasteiger partial charge in [-0.2, -0.15) is 0 Å². The quantitative estimate of drug-likeness (QED) is 0.439. The summed E-state index contributed by atoms with van der Waals surface area (Å²) >= 11 is 0. The molecule has 0 atom stereocenters. The monoisotopic (exact) mass is 465 g/mol. The lowest BCUT2D eigenvalue weighted by Gasteiger charge is -2.12. The fourth-order valence-corrected chi connectivity index (χ4v) is 3.55. The van der Waals surface area contributed by atoms with E-state index in [0.717, 1.165) is 24.7 Å². The van der Waals surface area contributed by atoms with Gasteiger partial charge in [0.2, 0.25) is 5.82 Å². The van der Waals surface area contributed by atoms with Crippen LogP contribution in [0.4, 0.5) is 14.6 Å². The summed E-state index contributed by atoms with van der Waals surface area (Å²) in [6.07, 6.45) is 3.56. The summed E-state index contributed by atoms with van der Waals surface area (Å²) < 4.78 is 30.4. The zero-order valence-electron chi connectivity index (χ0n) is 18.4. The molecule has 1 aliphatic rings. The predicted octanol–water partition coefficient (Wildman–Crippen LogP) is 3.96. The van der Waals surface area contributed by atoms with E-state index in [0.29, 0.717) is 17.4 Å². The smallest absolute Gasteiger partial charge is 0.275 e. The van der Waals surface area contributed by atoms with Crippen LogP contribution < -0.4 is 5.32 Å². The summed E-state index contributed by atoms with van der Waals surface area (Å²) in [6, 6.07) is 6.39. The minimum atomic E-state index is -2.75. The maximum Gasteiger partial charge on any atom is 0.275 e. The highest BCUT2D eigenvalue weighted by Crippen LogP contribution is 2.39. The van der Waals surface area contributed by atoms with Gasteiger partial charge in [-0.25, -0.2) is 23.4 Å². The van der Waals surface area contributed by atoms with E-state index in [1.807, 2.05) is 13.8 Å². The minimum absolute atomic E-state index is 0.0182. The average Bonchev–Trinajstić information content (AvgIpc) is 3.34. The van der Waals surface area contributed by atoms with E-state index in [2.05, 4.69) is 35.8 Å². The van der Waals surface area contributed by atoms with Crippen LogP contribution in [0.5, 0.6) is 0 Å². The van der Waals surface area contributed by atoms with Gasteiger partial charge in [-0.3, -0.25) is 9.78 Å². The normalized spacial score (nSPS) is 13.6. The molecule has 0 saturated heterocycles. The summed E-state index contributed by atoms with van der Waals surface area (Å²) in [5, 5.41) is 14.3. The van der Waals surface area contributed by atoms with Crippen molar-refractivity contribution in [1.29, 1.82) is 0 Å². The molecule has 1 saturated carbocycles. The van der Waals surface area contributed by atoms with E-state index in [4.69, 9.17) is 0 Å². The Hall–Kier alpha value is -4.09. The fraction of sp³-hybridized carbons (Fsp3) is 0.318. The zero-order chi connectivity index (χ0) is 23.8. The number of carbonyl (C=O) groups is 1. The Morgan fingerprint density at radius 2 is 2.03 bits per heavy atom. The van der Waals surface area contributed by atoms with Crippen LogP contribution in [0.2, 0.25) is 0 Å². The molecule has 4 aromatic rings. The van der Waals surface area contributed by atoms with Crippen LogP contribution in [0.15, 0.2) is 43.0 Å². The molecule has 4 heterocycles. The van der Waals surface area contributed by atoms with Gasteiger partial charge in [0.05, 0.1) is 29.3 Å². The number of hydrogen-bond donors (Lipinski definition) is 1. The number of aromatic nitrogens is 8. The van der Waals surface area contributed by atoms with E-state index in [1.54, 1.807) is 29.1 Å². The van der Waals surface area contributed by atoms with E-state index in [-0.39, 0.29) is 28.8 Å². The Labute approximate surface area is 193 Å². The lowest BCUT2D eigenvalue weighted by molar-refractivity contribution is 0.102. The average molecular weight is 465 g/mol. The third-order valence-electron chi connectivity index (χ3n) is 5.46. The van der Waals surface area contributed by atoms with E-state index < -0.39 is 12.3 Å². The van der Waals surface area contributed by atoms with E-state index in [1.165, 1.54) is 17.0 Å². The van der Waals surface area contributed by atoms with Crippen molar-refractivity contribution >= 4 is 11.7 Å². The molecule has 0 aromatic carbocycles. The molecule has 0 spiro atoms. The van der Waals surface area contributed by atoms with Crippen molar-refractivity contribution in [2.45, 2.75) is 45.1 Å². The highest BCUT2D eigenvalue weighted by molar-refractivity contribution is 6.02. The summed E-state index contributed by atoms with van der Waals surface area (Å²) in [4.78, 5) is 25.6. The van der Waals surface area contributed by atoms with Crippen LogP contribution in [0.3, 0.4) is 0 Å². The van der Waals surface area contributed by atoms with Crippen molar-refractivity contribution in [2.75, 3.05) is 5.32 Å². The largest absolute Gasteiger partial charge is 0.305 e. The Morgan fingerprint density at radius 3 is 2.76 bits per heavy atom. The van der Waals surface area contributed by atoms with Crippen molar-refractivity contribution in [2.24, 2.45) is 0 Å². The molecule has 1 aliphatic carbocycles. The number of nitrogens with zero attached hydrogens (tertiary/aromatic N) is 8. The van der Waals surface area contributed by atoms with Crippen molar-refractivity contribution in [1.82, 2.24) is 39.7 Å². The third kappa shape index (κ3) is 4.26. The summed E-state index contributed by atoms with van der Waals surface area (Å²) in [5.41, 5.74) is 1.18. The van der Waals surface area contributed by atoms with Gasteiger partial charge in [-0.05, 0) is 55.3 Å². The van der Waals surface area contributed by atoms with Gasteiger partial charge >= 0.3 is 0 Å². The number of amides is 1. The lowest BCUT2D eigenvalue weighted by atomic mass is 10.2. The number of anilines is 1. The van der Waals surface area contributed by atoms with Crippen molar-refractivity contribution in [3.05, 3.63) is 59.9 Å². The first kappa shape index (κ1) is 21.7. The number of pyridine rings is 2. The van der Waals surface area contributed by atoms with Crippen LogP contribution in [0.25, 0.3) is 17.2 Å². The van der Waals surface area contributed by atoms with Crippen LogP contribution in [-0.4, -0.2) is 45.6 Å². The molecule has 1 amide bonds. The molecule has 0 aliphatic heterocycles. The molecular weight excluding hydrogens is 444 g/mol. The number of rotatable bonds is 7. The molecule has 0 bridgehead atoms. The minimum Gasteiger partial charge on any atom is -0.305 e. The standard InChI is InChI=1S/C22H21F2N9O/c1-12(2)33-21(29-30-31-33)15-4-3-5-19(27-15)28-22(34)16-8-18(14(9-25-16)20(23)24)32-10-17(26-11-32)13-6-7-13/h3-5,8-13,20H,6-7H2,1-2H3,(H,27,28,34). The topological polar surface area (TPSA) is 116 Å². The summed E-state index contributed by atoms with van der Waals surface area (Å²) in [6.45, 7) is 3.87. The van der Waals surface area contributed by atoms with Gasteiger partial charge in [0.1, 0.15) is 17.2 Å². The molecule has 174 valence electrons. The van der Waals surface area contributed by atoms with Gasteiger partial charge < -0.3 is 9.88 Å². The van der Waals surface area contributed by atoms with Gasteiger partial charge in [0.15, 0.2) is 0 Å². The number of imidazole rings is 1. The first-order valence-electron chi connectivity index (χ1n) is 10.8. The van der Waals surface area contributed by atoms with Crippen molar-refractivity contribution in [3.8, 4) is 17.2 Å². The Kier molecular flexibility index (Phi) is 5.56. The lowest BCUT2D eigenvalue weighted by Crippen LogP contribution is -2.16. The van der Waals surface area contributed by atoms with Crippen LogP contribution in [0, 0.1) is 0 Å². The van der Waals surface area contributed by atoms with Crippen LogP contribution >= 0.6 is 0 Å².